The SMILES string of the molecule is Nc1nc(Oc2ccc3ccccc3c2)ncc1[N+](=O)[O-]. The maximum Gasteiger partial charge on any atom is 0.329 e. The van der Waals surface area contributed by atoms with Crippen LogP contribution in [0.4, 0.5) is 11.5 Å². The molecule has 104 valence electrons. The molecule has 3 rings (SSSR count). The molecular weight excluding hydrogens is 272 g/mol. The van der Waals surface area contributed by atoms with Crippen LogP contribution in [-0.4, -0.2) is 14.9 Å². The first kappa shape index (κ1) is 12.8. The van der Waals surface area contributed by atoms with Crippen LogP contribution in [-0.2, 0) is 0 Å². The predicted molar refractivity (Wildman–Crippen MR) is 77.1 cm³/mol. The third-order valence-electron chi connectivity index (χ3n) is 2.90. The average Bonchev–Trinajstić information content (AvgIpc) is 2.47. The summed E-state index contributed by atoms with van der Waals surface area (Å²) in [5.74, 6) is 0.299. The normalized spacial score (nSPS) is 10.5. The number of nitrogen functional groups attached to an aromatic ring is 1. The highest BCUT2D eigenvalue weighted by Gasteiger charge is 2.15. The molecule has 0 amide bonds. The van der Waals surface area contributed by atoms with Crippen LogP contribution in [0.25, 0.3) is 10.8 Å². The van der Waals surface area contributed by atoms with E-state index in [1.54, 1.807) is 6.07 Å². The Kier molecular flexibility index (Phi) is 3.07. The molecule has 7 nitrogen and oxygen atoms in total. The van der Waals surface area contributed by atoms with Gasteiger partial charge in [-0.15, -0.1) is 0 Å². The summed E-state index contributed by atoms with van der Waals surface area (Å²) in [4.78, 5) is 17.6. The lowest BCUT2D eigenvalue weighted by molar-refractivity contribution is -0.384. The Bertz CT molecular complexity index is 835. The van der Waals surface area contributed by atoms with Crippen molar-refractivity contribution in [1.29, 1.82) is 0 Å². The van der Waals surface area contributed by atoms with Crippen LogP contribution < -0.4 is 10.5 Å². The highest BCUT2D eigenvalue weighted by Crippen LogP contribution is 2.26. The molecule has 0 spiro atoms. The number of nitrogens with two attached hydrogens (primary N) is 1. The summed E-state index contributed by atoms with van der Waals surface area (Å²) in [5.41, 5.74) is 5.15. The van der Waals surface area contributed by atoms with Crippen molar-refractivity contribution in [3.8, 4) is 11.8 Å². The van der Waals surface area contributed by atoms with E-state index in [0.717, 1.165) is 17.0 Å². The van der Waals surface area contributed by atoms with Crippen LogP contribution in [0.1, 0.15) is 0 Å². The molecule has 0 saturated carbocycles. The fourth-order valence-corrected chi connectivity index (χ4v) is 1.90. The Balaban J connectivity index is 1.91. The molecule has 2 N–H and O–H groups in total. The van der Waals surface area contributed by atoms with Gasteiger partial charge < -0.3 is 10.5 Å². The number of hydrogen-bond acceptors (Lipinski definition) is 6. The van der Waals surface area contributed by atoms with E-state index < -0.39 is 4.92 Å². The van der Waals surface area contributed by atoms with Gasteiger partial charge in [0, 0.05) is 0 Å². The van der Waals surface area contributed by atoms with Crippen molar-refractivity contribution < 1.29 is 9.66 Å². The summed E-state index contributed by atoms with van der Waals surface area (Å²) in [6.45, 7) is 0. The van der Waals surface area contributed by atoms with Gasteiger partial charge in [-0.25, -0.2) is 0 Å². The van der Waals surface area contributed by atoms with E-state index in [4.69, 9.17) is 10.5 Å². The molecule has 21 heavy (non-hydrogen) atoms. The van der Waals surface area contributed by atoms with Crippen LogP contribution in [0.15, 0.2) is 48.7 Å². The fourth-order valence-electron chi connectivity index (χ4n) is 1.90. The van der Waals surface area contributed by atoms with Crippen molar-refractivity contribution in [3.05, 3.63) is 58.8 Å². The van der Waals surface area contributed by atoms with Crippen molar-refractivity contribution in [2.24, 2.45) is 0 Å². The first-order valence-corrected chi connectivity index (χ1v) is 6.07. The molecule has 1 heterocycles. The quantitative estimate of drug-likeness (QED) is 0.585. The summed E-state index contributed by atoms with van der Waals surface area (Å²) < 4.78 is 5.48. The molecule has 0 aliphatic heterocycles. The van der Waals surface area contributed by atoms with Crippen molar-refractivity contribution in [2.45, 2.75) is 0 Å². The minimum absolute atomic E-state index is 0.0339. The van der Waals surface area contributed by atoms with Gasteiger partial charge in [0.25, 0.3) is 0 Å². The summed E-state index contributed by atoms with van der Waals surface area (Å²) >= 11 is 0. The Morgan fingerprint density at radius 2 is 1.90 bits per heavy atom. The van der Waals surface area contributed by atoms with Gasteiger partial charge >= 0.3 is 11.7 Å². The third-order valence-corrected chi connectivity index (χ3v) is 2.90. The molecule has 7 heteroatoms. The number of anilines is 1. The number of benzene rings is 2. The van der Waals surface area contributed by atoms with Crippen LogP contribution in [0.2, 0.25) is 0 Å². The van der Waals surface area contributed by atoms with E-state index in [-0.39, 0.29) is 17.5 Å². The summed E-state index contributed by atoms with van der Waals surface area (Å²) in [7, 11) is 0. The van der Waals surface area contributed by atoms with Gasteiger partial charge in [-0.05, 0) is 22.9 Å². The topological polar surface area (TPSA) is 104 Å². The van der Waals surface area contributed by atoms with Gasteiger partial charge in [-0.2, -0.15) is 9.97 Å². The Morgan fingerprint density at radius 3 is 2.62 bits per heavy atom. The van der Waals surface area contributed by atoms with Gasteiger partial charge in [0.05, 0.1) is 4.92 Å². The molecule has 0 unspecified atom stereocenters. The van der Waals surface area contributed by atoms with Crippen LogP contribution >= 0.6 is 0 Å². The van der Waals surface area contributed by atoms with Crippen molar-refractivity contribution >= 4 is 22.3 Å². The first-order chi connectivity index (χ1) is 10.1. The van der Waals surface area contributed by atoms with Gasteiger partial charge in [0.1, 0.15) is 11.9 Å². The Hall–Kier alpha value is -3.22. The first-order valence-electron chi connectivity index (χ1n) is 6.07. The molecule has 0 aliphatic carbocycles. The van der Waals surface area contributed by atoms with Crippen LogP contribution in [0.3, 0.4) is 0 Å². The lowest BCUT2D eigenvalue weighted by Gasteiger charge is -2.05. The van der Waals surface area contributed by atoms with Crippen LogP contribution in [0, 0.1) is 10.1 Å². The number of nitrogens with zero attached hydrogens (tertiary/aromatic N) is 3. The third kappa shape index (κ3) is 2.57. The van der Waals surface area contributed by atoms with Crippen molar-refractivity contribution in [1.82, 2.24) is 9.97 Å². The van der Waals surface area contributed by atoms with Gasteiger partial charge in [-0.3, -0.25) is 10.1 Å². The van der Waals surface area contributed by atoms with E-state index >= 15 is 0 Å². The number of rotatable bonds is 3. The largest absolute Gasteiger partial charge is 0.424 e. The second kappa shape index (κ2) is 5.04. The zero-order chi connectivity index (χ0) is 14.8. The molecule has 0 radical (unpaired) electrons. The fraction of sp³-hybridized carbons (Fsp3) is 0. The summed E-state index contributed by atoms with van der Waals surface area (Å²) in [6.07, 6.45) is 1.03. The smallest absolute Gasteiger partial charge is 0.329 e. The summed E-state index contributed by atoms with van der Waals surface area (Å²) in [5, 5.41) is 12.7. The monoisotopic (exact) mass is 282 g/mol. The molecule has 0 atom stereocenters. The molecule has 0 fully saturated rings. The molecule has 0 saturated heterocycles. The number of aromatic nitrogens is 2. The highest BCUT2D eigenvalue weighted by molar-refractivity contribution is 5.83. The minimum atomic E-state index is -0.644. The maximum absolute atomic E-state index is 10.6. The van der Waals surface area contributed by atoms with E-state index in [9.17, 15) is 10.1 Å². The number of fused-ring (bicyclic) bond motifs is 1. The second-order valence-electron chi connectivity index (χ2n) is 4.29. The lowest BCUT2D eigenvalue weighted by atomic mass is 10.1. The molecule has 3 aromatic rings. The Morgan fingerprint density at radius 1 is 1.14 bits per heavy atom. The zero-order valence-corrected chi connectivity index (χ0v) is 10.8. The van der Waals surface area contributed by atoms with Gasteiger partial charge in [0.15, 0.2) is 0 Å². The van der Waals surface area contributed by atoms with E-state index in [2.05, 4.69) is 9.97 Å². The van der Waals surface area contributed by atoms with Gasteiger partial charge in [0.2, 0.25) is 5.82 Å². The zero-order valence-electron chi connectivity index (χ0n) is 10.8. The van der Waals surface area contributed by atoms with Crippen molar-refractivity contribution in [2.75, 3.05) is 5.73 Å². The van der Waals surface area contributed by atoms with Crippen LogP contribution in [0.5, 0.6) is 11.8 Å². The standard InChI is InChI=1S/C14H10N4O3/c15-13-12(18(19)20)8-16-14(17-13)21-11-6-5-9-3-1-2-4-10(9)7-11/h1-8H,(H2,15,16,17). The summed E-state index contributed by atoms with van der Waals surface area (Å²) in [6, 6.07) is 13.3. The van der Waals surface area contributed by atoms with E-state index in [1.165, 1.54) is 0 Å². The predicted octanol–water partition coefficient (Wildman–Crippen LogP) is 2.91. The molecular formula is C14H10N4O3. The molecule has 0 bridgehead atoms. The average molecular weight is 282 g/mol. The van der Waals surface area contributed by atoms with Crippen molar-refractivity contribution in [3.63, 3.8) is 0 Å². The van der Waals surface area contributed by atoms with E-state index in [0.29, 0.717) is 5.75 Å². The molecule has 0 aliphatic rings. The van der Waals surface area contributed by atoms with Gasteiger partial charge in [-0.1, -0.05) is 30.3 Å². The minimum Gasteiger partial charge on any atom is -0.424 e. The second-order valence-corrected chi connectivity index (χ2v) is 4.29. The Labute approximate surface area is 119 Å². The maximum atomic E-state index is 10.6. The number of nitro groups is 1. The number of hydrogen-bond donors (Lipinski definition) is 1. The highest BCUT2D eigenvalue weighted by atomic mass is 16.6. The number of ether oxygens (including phenoxy) is 1. The van der Waals surface area contributed by atoms with E-state index in [1.807, 2.05) is 36.4 Å². The molecule has 2 aromatic carbocycles. The lowest BCUT2D eigenvalue weighted by Crippen LogP contribution is -2.01. The molecule has 1 aromatic heterocycles.